The first-order valence-electron chi connectivity index (χ1n) is 8.33. The Morgan fingerprint density at radius 3 is 2.62 bits per heavy atom. The summed E-state index contributed by atoms with van der Waals surface area (Å²) in [5.41, 5.74) is 2.69. The largest absolute Gasteiger partial charge is 0.497 e. The zero-order valence-electron chi connectivity index (χ0n) is 15.0. The quantitative estimate of drug-likeness (QED) is 0.733. The van der Waals surface area contributed by atoms with Crippen LogP contribution in [0.3, 0.4) is 0 Å². The maximum absolute atomic E-state index is 12.7. The van der Waals surface area contributed by atoms with Gasteiger partial charge < -0.3 is 14.8 Å². The van der Waals surface area contributed by atoms with Crippen molar-refractivity contribution in [3.05, 3.63) is 60.3 Å². The summed E-state index contributed by atoms with van der Waals surface area (Å²) in [5.74, 6) is 1.17. The molecule has 1 N–H and O–H groups in total. The number of carbonyl (C=O) groups excluding carboxylic acids is 1. The number of benzene rings is 2. The van der Waals surface area contributed by atoms with Crippen LogP contribution in [0.2, 0.25) is 0 Å². The highest BCUT2D eigenvalue weighted by atomic mass is 16.5. The van der Waals surface area contributed by atoms with Gasteiger partial charge in [0.2, 0.25) is 0 Å². The first kappa shape index (κ1) is 17.5. The second kappa shape index (κ2) is 7.74. The number of para-hydroxylation sites is 1. The van der Waals surface area contributed by atoms with Gasteiger partial charge in [-0.2, -0.15) is 5.10 Å². The summed E-state index contributed by atoms with van der Waals surface area (Å²) < 4.78 is 12.3. The molecule has 0 aliphatic heterocycles. The molecule has 0 spiro atoms. The number of rotatable bonds is 6. The maximum atomic E-state index is 12.7. The van der Waals surface area contributed by atoms with Crippen molar-refractivity contribution in [1.82, 2.24) is 9.78 Å². The molecule has 0 unspecified atom stereocenters. The number of hydrogen-bond donors (Lipinski definition) is 1. The third-order valence-corrected chi connectivity index (χ3v) is 4.02. The number of aromatic nitrogens is 2. The van der Waals surface area contributed by atoms with Gasteiger partial charge in [0.05, 0.1) is 19.9 Å². The van der Waals surface area contributed by atoms with Gasteiger partial charge in [-0.1, -0.05) is 18.2 Å². The van der Waals surface area contributed by atoms with E-state index >= 15 is 0 Å². The minimum Gasteiger partial charge on any atom is -0.497 e. The zero-order chi connectivity index (χ0) is 18.5. The molecule has 3 aromatic rings. The molecule has 0 saturated carbocycles. The van der Waals surface area contributed by atoms with E-state index in [1.807, 2.05) is 49.4 Å². The van der Waals surface area contributed by atoms with Gasteiger partial charge >= 0.3 is 0 Å². The third kappa shape index (κ3) is 3.54. The van der Waals surface area contributed by atoms with E-state index in [-0.39, 0.29) is 5.91 Å². The van der Waals surface area contributed by atoms with E-state index in [1.165, 1.54) is 0 Å². The van der Waals surface area contributed by atoms with Crippen LogP contribution in [0.1, 0.15) is 17.4 Å². The first-order valence-corrected chi connectivity index (χ1v) is 8.33. The number of amides is 1. The van der Waals surface area contributed by atoms with Crippen molar-refractivity contribution in [3.63, 3.8) is 0 Å². The molecule has 6 nitrogen and oxygen atoms in total. The van der Waals surface area contributed by atoms with Crippen molar-refractivity contribution < 1.29 is 14.3 Å². The molecule has 0 atom stereocenters. The average Bonchev–Trinajstić information content (AvgIpc) is 3.12. The molecular formula is C20H21N3O3. The molecular weight excluding hydrogens is 330 g/mol. The zero-order valence-corrected chi connectivity index (χ0v) is 15.0. The summed E-state index contributed by atoms with van der Waals surface area (Å²) in [6.07, 6.45) is 0. The standard InChI is InChI=1S/C20H21N3O3/c1-4-23-18(20(24)21-14-8-7-9-15(12-14)25-2)13-17(22-23)16-10-5-6-11-19(16)26-3/h5-13H,4H2,1-3H3,(H,21,24). The SMILES string of the molecule is CCn1nc(-c2ccccc2OC)cc1C(=O)Nc1cccc(OC)c1. The van der Waals surface area contributed by atoms with Crippen LogP contribution in [0.5, 0.6) is 11.5 Å². The minimum atomic E-state index is -0.228. The molecule has 0 saturated heterocycles. The monoisotopic (exact) mass is 351 g/mol. The summed E-state index contributed by atoms with van der Waals surface area (Å²) in [5, 5.41) is 7.45. The number of aryl methyl sites for hydroxylation is 1. The molecule has 134 valence electrons. The van der Waals surface area contributed by atoms with E-state index in [9.17, 15) is 4.79 Å². The fourth-order valence-corrected chi connectivity index (χ4v) is 2.72. The Balaban J connectivity index is 1.92. The lowest BCUT2D eigenvalue weighted by Gasteiger charge is -2.07. The molecule has 1 amide bonds. The summed E-state index contributed by atoms with van der Waals surface area (Å²) >= 11 is 0. The van der Waals surface area contributed by atoms with Crippen molar-refractivity contribution in [2.45, 2.75) is 13.5 Å². The van der Waals surface area contributed by atoms with Crippen molar-refractivity contribution >= 4 is 11.6 Å². The predicted molar refractivity (Wildman–Crippen MR) is 101 cm³/mol. The van der Waals surface area contributed by atoms with Gasteiger partial charge in [-0.3, -0.25) is 9.48 Å². The van der Waals surface area contributed by atoms with Crippen LogP contribution in [-0.4, -0.2) is 29.9 Å². The topological polar surface area (TPSA) is 65.4 Å². The number of carbonyl (C=O) groups is 1. The molecule has 6 heteroatoms. The number of methoxy groups -OCH3 is 2. The molecule has 0 aliphatic rings. The lowest BCUT2D eigenvalue weighted by molar-refractivity contribution is 0.101. The van der Waals surface area contributed by atoms with Gasteiger partial charge in [0.1, 0.15) is 17.2 Å². The highest BCUT2D eigenvalue weighted by Gasteiger charge is 2.17. The van der Waals surface area contributed by atoms with Gasteiger partial charge in [0.15, 0.2) is 0 Å². The van der Waals surface area contributed by atoms with E-state index < -0.39 is 0 Å². The fraction of sp³-hybridized carbons (Fsp3) is 0.200. The highest BCUT2D eigenvalue weighted by molar-refractivity contribution is 6.03. The number of ether oxygens (including phenoxy) is 2. The van der Waals surface area contributed by atoms with Gasteiger partial charge in [-0.15, -0.1) is 0 Å². The fourth-order valence-electron chi connectivity index (χ4n) is 2.72. The molecule has 3 rings (SSSR count). The molecule has 0 radical (unpaired) electrons. The molecule has 0 aliphatic carbocycles. The smallest absolute Gasteiger partial charge is 0.273 e. The van der Waals surface area contributed by atoms with Gasteiger partial charge in [0, 0.05) is 23.9 Å². The van der Waals surface area contributed by atoms with E-state index in [1.54, 1.807) is 31.0 Å². The van der Waals surface area contributed by atoms with Crippen LogP contribution in [0, 0.1) is 0 Å². The van der Waals surface area contributed by atoms with E-state index in [2.05, 4.69) is 10.4 Å². The van der Waals surface area contributed by atoms with Gasteiger partial charge in [-0.25, -0.2) is 0 Å². The first-order chi connectivity index (χ1) is 12.7. The van der Waals surface area contributed by atoms with Crippen LogP contribution in [0.25, 0.3) is 11.3 Å². The van der Waals surface area contributed by atoms with Crippen LogP contribution in [-0.2, 0) is 6.54 Å². The Morgan fingerprint density at radius 1 is 1.08 bits per heavy atom. The third-order valence-electron chi connectivity index (χ3n) is 4.02. The Bertz CT molecular complexity index is 918. The predicted octanol–water partition coefficient (Wildman–Crippen LogP) is 3.84. The van der Waals surface area contributed by atoms with Gasteiger partial charge in [-0.05, 0) is 37.3 Å². The Labute approximate surface area is 152 Å². The van der Waals surface area contributed by atoms with Crippen LogP contribution < -0.4 is 14.8 Å². The van der Waals surface area contributed by atoms with E-state index in [0.29, 0.717) is 35.1 Å². The Kier molecular flexibility index (Phi) is 5.22. The summed E-state index contributed by atoms with van der Waals surface area (Å²) in [7, 11) is 3.21. The molecule has 0 bridgehead atoms. The maximum Gasteiger partial charge on any atom is 0.273 e. The lowest BCUT2D eigenvalue weighted by Crippen LogP contribution is -2.17. The Morgan fingerprint density at radius 2 is 1.88 bits per heavy atom. The van der Waals surface area contributed by atoms with E-state index in [4.69, 9.17) is 9.47 Å². The van der Waals surface area contributed by atoms with Crippen molar-refractivity contribution in [2.75, 3.05) is 19.5 Å². The number of hydrogen-bond acceptors (Lipinski definition) is 4. The lowest BCUT2D eigenvalue weighted by atomic mass is 10.1. The molecule has 1 aromatic heterocycles. The normalized spacial score (nSPS) is 10.4. The number of nitrogens with one attached hydrogen (secondary N) is 1. The minimum absolute atomic E-state index is 0.228. The van der Waals surface area contributed by atoms with Crippen molar-refractivity contribution in [2.24, 2.45) is 0 Å². The second-order valence-corrected chi connectivity index (χ2v) is 5.62. The number of anilines is 1. The number of nitrogens with zero attached hydrogens (tertiary/aromatic N) is 2. The van der Waals surface area contributed by atoms with Crippen molar-refractivity contribution in [1.29, 1.82) is 0 Å². The van der Waals surface area contributed by atoms with Crippen LogP contribution >= 0.6 is 0 Å². The van der Waals surface area contributed by atoms with Crippen LogP contribution in [0.4, 0.5) is 5.69 Å². The average molecular weight is 351 g/mol. The summed E-state index contributed by atoms with van der Waals surface area (Å²) in [4.78, 5) is 12.7. The molecule has 1 heterocycles. The van der Waals surface area contributed by atoms with E-state index in [0.717, 1.165) is 5.56 Å². The van der Waals surface area contributed by atoms with Crippen LogP contribution in [0.15, 0.2) is 54.6 Å². The van der Waals surface area contributed by atoms with Crippen molar-refractivity contribution in [3.8, 4) is 22.8 Å². The van der Waals surface area contributed by atoms with Gasteiger partial charge in [0.25, 0.3) is 5.91 Å². The molecule has 26 heavy (non-hydrogen) atoms. The summed E-state index contributed by atoms with van der Waals surface area (Å²) in [6.45, 7) is 2.53. The summed E-state index contributed by atoms with van der Waals surface area (Å²) in [6, 6.07) is 16.6. The second-order valence-electron chi connectivity index (χ2n) is 5.62. The highest BCUT2D eigenvalue weighted by Crippen LogP contribution is 2.29. The Hall–Kier alpha value is -3.28. The molecule has 0 fully saturated rings. The molecule has 2 aromatic carbocycles.